The van der Waals surface area contributed by atoms with Gasteiger partial charge < -0.3 is 9.47 Å². The molecule has 0 saturated carbocycles. The molecule has 0 aliphatic heterocycles. The SMILES string of the molecule is CCOC(=O)[C@@H](C)N[C@@H](Cc1ccc([N+](=O)[O-])cc1)C(=O)OC. The fourth-order valence-electron chi connectivity index (χ4n) is 1.98. The quantitative estimate of drug-likeness (QED) is 0.435. The molecule has 0 spiro atoms. The summed E-state index contributed by atoms with van der Waals surface area (Å²) in [6.07, 6.45) is 0.231. The van der Waals surface area contributed by atoms with Gasteiger partial charge in [0, 0.05) is 12.1 Å². The van der Waals surface area contributed by atoms with Crippen LogP contribution in [0.4, 0.5) is 5.69 Å². The van der Waals surface area contributed by atoms with Crippen molar-refractivity contribution in [3.8, 4) is 0 Å². The summed E-state index contributed by atoms with van der Waals surface area (Å²) in [6, 6.07) is 4.39. The molecule has 0 aliphatic rings. The normalized spacial score (nSPS) is 13.0. The van der Waals surface area contributed by atoms with E-state index in [1.54, 1.807) is 26.0 Å². The highest BCUT2D eigenvalue weighted by Gasteiger charge is 2.25. The van der Waals surface area contributed by atoms with E-state index in [1.165, 1.54) is 19.2 Å². The van der Waals surface area contributed by atoms with Gasteiger partial charge in [0.2, 0.25) is 0 Å². The molecule has 0 unspecified atom stereocenters. The van der Waals surface area contributed by atoms with Gasteiger partial charge in [0.1, 0.15) is 12.1 Å². The highest BCUT2D eigenvalue weighted by Crippen LogP contribution is 2.14. The van der Waals surface area contributed by atoms with Crippen LogP contribution in [0.1, 0.15) is 19.4 Å². The minimum atomic E-state index is -0.763. The zero-order valence-corrected chi connectivity index (χ0v) is 13.3. The zero-order chi connectivity index (χ0) is 17.4. The van der Waals surface area contributed by atoms with Crippen molar-refractivity contribution < 1.29 is 24.0 Å². The monoisotopic (exact) mass is 324 g/mol. The second-order valence-electron chi connectivity index (χ2n) is 4.84. The minimum absolute atomic E-state index is 0.0313. The van der Waals surface area contributed by atoms with Gasteiger partial charge in [-0.1, -0.05) is 12.1 Å². The fraction of sp³-hybridized carbons (Fsp3) is 0.467. The average Bonchev–Trinajstić information content (AvgIpc) is 2.54. The maximum atomic E-state index is 11.9. The van der Waals surface area contributed by atoms with Gasteiger partial charge in [-0.2, -0.15) is 0 Å². The lowest BCUT2D eigenvalue weighted by Gasteiger charge is -2.20. The van der Waals surface area contributed by atoms with Crippen LogP contribution in [-0.2, 0) is 25.5 Å². The van der Waals surface area contributed by atoms with Crippen molar-refractivity contribution in [1.29, 1.82) is 0 Å². The number of rotatable bonds is 8. The van der Waals surface area contributed by atoms with Crippen LogP contribution >= 0.6 is 0 Å². The number of nitrogens with zero attached hydrogens (tertiary/aromatic N) is 1. The molecular weight excluding hydrogens is 304 g/mol. The second-order valence-corrected chi connectivity index (χ2v) is 4.84. The molecule has 23 heavy (non-hydrogen) atoms. The number of carbonyl (C=O) groups excluding carboxylic acids is 2. The lowest BCUT2D eigenvalue weighted by atomic mass is 10.0. The Kier molecular flexibility index (Phi) is 7.14. The van der Waals surface area contributed by atoms with Gasteiger partial charge in [-0.15, -0.1) is 0 Å². The molecular formula is C15H20N2O6. The van der Waals surface area contributed by atoms with Crippen molar-refractivity contribution in [3.05, 3.63) is 39.9 Å². The molecule has 8 heteroatoms. The molecule has 0 aliphatic carbocycles. The van der Waals surface area contributed by atoms with E-state index in [0.717, 1.165) is 0 Å². The third-order valence-corrected chi connectivity index (χ3v) is 3.16. The van der Waals surface area contributed by atoms with Crippen LogP contribution in [-0.4, -0.2) is 42.7 Å². The topological polar surface area (TPSA) is 108 Å². The summed E-state index contributed by atoms with van der Waals surface area (Å²) in [6.45, 7) is 3.53. The summed E-state index contributed by atoms with van der Waals surface area (Å²) in [5.74, 6) is -0.996. The van der Waals surface area contributed by atoms with E-state index in [0.29, 0.717) is 5.56 Å². The van der Waals surface area contributed by atoms with Crippen molar-refractivity contribution in [2.24, 2.45) is 0 Å². The fourth-order valence-corrected chi connectivity index (χ4v) is 1.98. The molecule has 1 rings (SSSR count). The van der Waals surface area contributed by atoms with Gasteiger partial charge in [-0.3, -0.25) is 25.0 Å². The smallest absolute Gasteiger partial charge is 0.323 e. The van der Waals surface area contributed by atoms with E-state index in [-0.39, 0.29) is 18.7 Å². The first-order valence-corrected chi connectivity index (χ1v) is 7.12. The molecule has 0 aromatic heterocycles. The standard InChI is InChI=1S/C15H20N2O6/c1-4-23-14(18)10(2)16-13(15(19)22-3)9-11-5-7-12(8-6-11)17(20)21/h5-8,10,13,16H,4,9H2,1-3H3/t10-,13+/m1/s1. The van der Waals surface area contributed by atoms with Crippen molar-refractivity contribution in [2.45, 2.75) is 32.4 Å². The van der Waals surface area contributed by atoms with Crippen molar-refractivity contribution in [3.63, 3.8) is 0 Å². The van der Waals surface area contributed by atoms with Gasteiger partial charge in [0.25, 0.3) is 5.69 Å². The summed E-state index contributed by atoms with van der Waals surface area (Å²) < 4.78 is 9.61. The van der Waals surface area contributed by atoms with Crippen LogP contribution in [0.3, 0.4) is 0 Å². The Balaban J connectivity index is 2.80. The largest absolute Gasteiger partial charge is 0.468 e. The molecule has 1 N–H and O–H groups in total. The summed E-state index contributed by atoms with van der Waals surface area (Å²) >= 11 is 0. The van der Waals surface area contributed by atoms with Crippen LogP contribution < -0.4 is 5.32 Å². The molecule has 1 aromatic rings. The number of ether oxygens (including phenoxy) is 2. The van der Waals surface area contributed by atoms with E-state index >= 15 is 0 Å². The molecule has 126 valence electrons. The molecule has 0 bridgehead atoms. The first-order valence-electron chi connectivity index (χ1n) is 7.12. The number of nitrogens with one attached hydrogen (secondary N) is 1. The van der Waals surface area contributed by atoms with E-state index in [4.69, 9.17) is 9.47 Å². The van der Waals surface area contributed by atoms with Gasteiger partial charge in [0.15, 0.2) is 0 Å². The van der Waals surface area contributed by atoms with Gasteiger partial charge in [-0.25, -0.2) is 0 Å². The van der Waals surface area contributed by atoms with Crippen LogP contribution in [0, 0.1) is 10.1 Å². The Morgan fingerprint density at radius 3 is 2.35 bits per heavy atom. The molecule has 0 amide bonds. The Morgan fingerprint density at radius 2 is 1.87 bits per heavy atom. The number of hydrogen-bond acceptors (Lipinski definition) is 7. The molecule has 0 fully saturated rings. The van der Waals surface area contributed by atoms with Crippen LogP contribution in [0.2, 0.25) is 0 Å². The number of carbonyl (C=O) groups is 2. The first kappa shape index (κ1) is 18.6. The highest BCUT2D eigenvalue weighted by molar-refractivity contribution is 5.79. The Labute approximate surface area is 133 Å². The zero-order valence-electron chi connectivity index (χ0n) is 13.3. The maximum absolute atomic E-state index is 11.9. The minimum Gasteiger partial charge on any atom is -0.468 e. The van der Waals surface area contributed by atoms with Crippen molar-refractivity contribution >= 4 is 17.6 Å². The third-order valence-electron chi connectivity index (χ3n) is 3.16. The number of methoxy groups -OCH3 is 1. The average molecular weight is 324 g/mol. The maximum Gasteiger partial charge on any atom is 0.323 e. The number of hydrogen-bond donors (Lipinski definition) is 1. The molecule has 2 atom stereocenters. The number of benzene rings is 1. The van der Waals surface area contributed by atoms with E-state index in [9.17, 15) is 19.7 Å². The summed E-state index contributed by atoms with van der Waals surface area (Å²) in [5, 5.41) is 13.5. The number of esters is 2. The van der Waals surface area contributed by atoms with Crippen LogP contribution in [0.25, 0.3) is 0 Å². The molecule has 0 radical (unpaired) electrons. The van der Waals surface area contributed by atoms with Crippen molar-refractivity contribution in [2.75, 3.05) is 13.7 Å². The van der Waals surface area contributed by atoms with E-state index in [1.807, 2.05) is 0 Å². The molecule has 8 nitrogen and oxygen atoms in total. The van der Waals surface area contributed by atoms with Gasteiger partial charge in [0.05, 0.1) is 18.6 Å². The lowest BCUT2D eigenvalue weighted by molar-refractivity contribution is -0.384. The Hall–Kier alpha value is -2.48. The number of non-ortho nitro benzene ring substituents is 1. The molecule has 1 aromatic carbocycles. The Bertz CT molecular complexity index is 558. The predicted molar refractivity (Wildman–Crippen MR) is 81.8 cm³/mol. The van der Waals surface area contributed by atoms with E-state index < -0.39 is 28.9 Å². The molecule has 0 heterocycles. The first-order chi connectivity index (χ1) is 10.9. The summed E-state index contributed by atoms with van der Waals surface area (Å²) in [4.78, 5) is 33.7. The van der Waals surface area contributed by atoms with Gasteiger partial charge in [-0.05, 0) is 25.8 Å². The number of nitro benzene ring substituents is 1. The highest BCUT2D eigenvalue weighted by atomic mass is 16.6. The second kappa shape index (κ2) is 8.84. The summed E-state index contributed by atoms with van der Waals surface area (Å²) in [5.41, 5.74) is 0.672. The summed E-state index contributed by atoms with van der Waals surface area (Å²) in [7, 11) is 1.25. The van der Waals surface area contributed by atoms with Crippen LogP contribution in [0.15, 0.2) is 24.3 Å². The number of nitro groups is 1. The van der Waals surface area contributed by atoms with Gasteiger partial charge >= 0.3 is 11.9 Å². The molecule has 0 saturated heterocycles. The lowest BCUT2D eigenvalue weighted by Crippen LogP contribution is -2.47. The van der Waals surface area contributed by atoms with Crippen LogP contribution in [0.5, 0.6) is 0 Å². The Morgan fingerprint density at radius 1 is 1.26 bits per heavy atom. The third kappa shape index (κ3) is 5.67. The predicted octanol–water partition coefficient (Wildman–Crippen LogP) is 1.22. The van der Waals surface area contributed by atoms with Crippen molar-refractivity contribution in [1.82, 2.24) is 5.32 Å². The van der Waals surface area contributed by atoms with E-state index in [2.05, 4.69) is 5.32 Å².